The van der Waals surface area contributed by atoms with Crippen molar-refractivity contribution in [1.82, 2.24) is 14.9 Å². The first-order chi connectivity index (χ1) is 11.4. The summed E-state index contributed by atoms with van der Waals surface area (Å²) in [6.07, 6.45) is 2.56. The van der Waals surface area contributed by atoms with E-state index >= 15 is 0 Å². The van der Waals surface area contributed by atoms with Gasteiger partial charge in [0.05, 0.1) is 28.3 Å². The Balaban J connectivity index is 1.68. The molecule has 1 amide bonds. The zero-order valence-corrected chi connectivity index (χ0v) is 14.0. The van der Waals surface area contributed by atoms with Crippen LogP contribution < -0.4 is 0 Å². The lowest BCUT2D eigenvalue weighted by atomic mass is 9.86. The standard InChI is InChI=1S/C18H22N4O2/c1-18(2,24)10-12-5-7-22(8-6-12)17(23)16-20-14-4-3-13(11-19)9-15(14)21-16/h3-4,9,12,24H,5-8,10H2,1-2H3,(H,20,21). The van der Waals surface area contributed by atoms with Crippen LogP contribution in [0.25, 0.3) is 11.0 Å². The fourth-order valence-corrected chi connectivity index (χ4v) is 3.37. The van der Waals surface area contributed by atoms with Crippen molar-refractivity contribution in [3.05, 3.63) is 29.6 Å². The normalized spacial score (nSPS) is 16.3. The Hall–Kier alpha value is -2.39. The number of H-pyrrole nitrogens is 1. The Morgan fingerprint density at radius 3 is 2.79 bits per heavy atom. The first kappa shape index (κ1) is 16.5. The number of amides is 1. The van der Waals surface area contributed by atoms with Gasteiger partial charge in [-0.3, -0.25) is 4.79 Å². The molecule has 2 heterocycles. The third-order valence-electron chi connectivity index (χ3n) is 4.50. The summed E-state index contributed by atoms with van der Waals surface area (Å²) in [4.78, 5) is 21.8. The zero-order chi connectivity index (χ0) is 17.3. The van der Waals surface area contributed by atoms with Gasteiger partial charge in [-0.2, -0.15) is 5.26 Å². The van der Waals surface area contributed by atoms with Gasteiger partial charge in [0.15, 0.2) is 5.82 Å². The Morgan fingerprint density at radius 2 is 2.17 bits per heavy atom. The molecule has 0 aliphatic carbocycles. The molecule has 1 aliphatic rings. The smallest absolute Gasteiger partial charge is 0.289 e. The molecule has 0 radical (unpaired) electrons. The predicted octanol–water partition coefficient (Wildman–Crippen LogP) is 2.45. The summed E-state index contributed by atoms with van der Waals surface area (Å²) in [7, 11) is 0. The van der Waals surface area contributed by atoms with Crippen LogP contribution in [0.3, 0.4) is 0 Å². The highest BCUT2D eigenvalue weighted by atomic mass is 16.3. The van der Waals surface area contributed by atoms with E-state index in [1.807, 2.05) is 18.7 Å². The molecule has 0 spiro atoms. The molecule has 2 N–H and O–H groups in total. The van der Waals surface area contributed by atoms with Crippen LogP contribution in [0.2, 0.25) is 0 Å². The van der Waals surface area contributed by atoms with E-state index in [0.29, 0.717) is 35.9 Å². The molecule has 1 aromatic heterocycles. The van der Waals surface area contributed by atoms with Crippen molar-refractivity contribution in [2.24, 2.45) is 5.92 Å². The molecule has 2 aromatic rings. The van der Waals surface area contributed by atoms with Crippen molar-refractivity contribution in [3.8, 4) is 6.07 Å². The number of aliphatic hydroxyl groups is 1. The second-order valence-corrected chi connectivity index (χ2v) is 7.18. The number of piperidine rings is 1. The van der Waals surface area contributed by atoms with Gasteiger partial charge in [-0.15, -0.1) is 0 Å². The number of hydrogen-bond donors (Lipinski definition) is 2. The molecule has 0 atom stereocenters. The van der Waals surface area contributed by atoms with E-state index in [0.717, 1.165) is 24.8 Å². The molecule has 0 saturated carbocycles. The van der Waals surface area contributed by atoms with Gasteiger partial charge < -0.3 is 15.0 Å². The zero-order valence-electron chi connectivity index (χ0n) is 14.0. The molecule has 1 aromatic carbocycles. The van der Waals surface area contributed by atoms with Crippen molar-refractivity contribution >= 4 is 16.9 Å². The molecule has 6 heteroatoms. The Bertz CT molecular complexity index is 789. The summed E-state index contributed by atoms with van der Waals surface area (Å²) in [6.45, 7) is 5.02. The molecular weight excluding hydrogens is 304 g/mol. The summed E-state index contributed by atoms with van der Waals surface area (Å²) in [5.41, 5.74) is 1.26. The van der Waals surface area contributed by atoms with Crippen molar-refractivity contribution in [2.75, 3.05) is 13.1 Å². The van der Waals surface area contributed by atoms with Crippen LogP contribution in [0.15, 0.2) is 18.2 Å². The van der Waals surface area contributed by atoms with Crippen molar-refractivity contribution in [1.29, 1.82) is 5.26 Å². The maximum absolute atomic E-state index is 12.6. The van der Waals surface area contributed by atoms with Gasteiger partial charge in [0, 0.05) is 13.1 Å². The fraction of sp³-hybridized carbons (Fsp3) is 0.500. The number of carbonyl (C=O) groups excluding carboxylic acids is 1. The van der Waals surface area contributed by atoms with E-state index in [-0.39, 0.29) is 5.91 Å². The number of benzene rings is 1. The number of carbonyl (C=O) groups is 1. The van der Waals surface area contributed by atoms with Crippen molar-refractivity contribution in [3.63, 3.8) is 0 Å². The van der Waals surface area contributed by atoms with Gasteiger partial charge in [0.1, 0.15) is 0 Å². The average Bonchev–Trinajstić information content (AvgIpc) is 2.96. The number of aromatic nitrogens is 2. The second kappa shape index (κ2) is 6.25. The molecule has 1 aliphatic heterocycles. The molecule has 126 valence electrons. The quantitative estimate of drug-likeness (QED) is 0.906. The lowest BCUT2D eigenvalue weighted by Crippen LogP contribution is -2.40. The van der Waals surface area contributed by atoms with E-state index in [2.05, 4.69) is 16.0 Å². The highest BCUT2D eigenvalue weighted by Crippen LogP contribution is 2.26. The number of imidazole rings is 1. The predicted molar refractivity (Wildman–Crippen MR) is 90.4 cm³/mol. The van der Waals surface area contributed by atoms with Gasteiger partial charge >= 0.3 is 0 Å². The summed E-state index contributed by atoms with van der Waals surface area (Å²) in [6, 6.07) is 7.23. The fourth-order valence-electron chi connectivity index (χ4n) is 3.37. The van der Waals surface area contributed by atoms with Crippen LogP contribution in [0.5, 0.6) is 0 Å². The average molecular weight is 326 g/mol. The van der Waals surface area contributed by atoms with Crippen LogP contribution in [0, 0.1) is 17.2 Å². The van der Waals surface area contributed by atoms with Crippen LogP contribution >= 0.6 is 0 Å². The van der Waals surface area contributed by atoms with Gasteiger partial charge in [-0.05, 0) is 57.2 Å². The molecule has 0 unspecified atom stereocenters. The number of hydrogen-bond acceptors (Lipinski definition) is 4. The van der Waals surface area contributed by atoms with E-state index in [9.17, 15) is 9.90 Å². The topological polar surface area (TPSA) is 93.0 Å². The van der Waals surface area contributed by atoms with Gasteiger partial charge in [-0.1, -0.05) is 0 Å². The van der Waals surface area contributed by atoms with E-state index in [1.54, 1.807) is 18.2 Å². The van der Waals surface area contributed by atoms with E-state index in [1.165, 1.54) is 0 Å². The Labute approximate surface area is 141 Å². The highest BCUT2D eigenvalue weighted by molar-refractivity contribution is 5.94. The number of aromatic amines is 1. The number of likely N-dealkylation sites (tertiary alicyclic amines) is 1. The first-order valence-corrected chi connectivity index (χ1v) is 8.27. The summed E-state index contributed by atoms with van der Waals surface area (Å²) >= 11 is 0. The second-order valence-electron chi connectivity index (χ2n) is 7.18. The van der Waals surface area contributed by atoms with Crippen molar-refractivity contribution in [2.45, 2.75) is 38.7 Å². The molecule has 6 nitrogen and oxygen atoms in total. The summed E-state index contributed by atoms with van der Waals surface area (Å²) < 4.78 is 0. The molecule has 24 heavy (non-hydrogen) atoms. The molecule has 3 rings (SSSR count). The van der Waals surface area contributed by atoms with Crippen LogP contribution in [0.4, 0.5) is 0 Å². The number of nitrogens with one attached hydrogen (secondary N) is 1. The number of rotatable bonds is 3. The SMILES string of the molecule is CC(C)(O)CC1CCN(C(=O)c2nc3cc(C#N)ccc3[nH]2)CC1. The number of nitrogens with zero attached hydrogens (tertiary/aromatic N) is 3. The van der Waals surface area contributed by atoms with Gasteiger partial charge in [0.25, 0.3) is 5.91 Å². The molecule has 1 saturated heterocycles. The lowest BCUT2D eigenvalue weighted by Gasteiger charge is -2.34. The third kappa shape index (κ3) is 3.57. The maximum Gasteiger partial charge on any atom is 0.289 e. The van der Waals surface area contributed by atoms with E-state index in [4.69, 9.17) is 5.26 Å². The summed E-state index contributed by atoms with van der Waals surface area (Å²) in [5.74, 6) is 0.662. The monoisotopic (exact) mass is 326 g/mol. The van der Waals surface area contributed by atoms with Crippen molar-refractivity contribution < 1.29 is 9.90 Å². The Kier molecular flexibility index (Phi) is 4.29. The first-order valence-electron chi connectivity index (χ1n) is 8.27. The van der Waals surface area contributed by atoms with Crippen LogP contribution in [-0.4, -0.2) is 44.6 Å². The minimum atomic E-state index is -0.659. The minimum Gasteiger partial charge on any atom is -0.390 e. The molecule has 1 fully saturated rings. The van der Waals surface area contributed by atoms with Gasteiger partial charge in [-0.25, -0.2) is 4.98 Å². The number of nitriles is 1. The highest BCUT2D eigenvalue weighted by Gasteiger charge is 2.28. The molecule has 0 bridgehead atoms. The number of fused-ring (bicyclic) bond motifs is 1. The van der Waals surface area contributed by atoms with Crippen LogP contribution in [-0.2, 0) is 0 Å². The largest absolute Gasteiger partial charge is 0.390 e. The lowest BCUT2D eigenvalue weighted by molar-refractivity contribution is 0.0355. The molecular formula is C18H22N4O2. The Morgan fingerprint density at radius 1 is 1.46 bits per heavy atom. The van der Waals surface area contributed by atoms with E-state index < -0.39 is 5.60 Å². The minimum absolute atomic E-state index is 0.105. The maximum atomic E-state index is 12.6. The third-order valence-corrected chi connectivity index (χ3v) is 4.50. The summed E-state index contributed by atoms with van der Waals surface area (Å²) in [5, 5.41) is 18.9. The van der Waals surface area contributed by atoms with Crippen LogP contribution in [0.1, 0.15) is 49.3 Å². The van der Waals surface area contributed by atoms with Gasteiger partial charge in [0.2, 0.25) is 0 Å².